The van der Waals surface area contributed by atoms with Crippen LogP contribution in [0, 0.1) is 0 Å². The highest BCUT2D eigenvalue weighted by atomic mass is 32.2. The van der Waals surface area contributed by atoms with E-state index in [-0.39, 0.29) is 23.0 Å². The van der Waals surface area contributed by atoms with Crippen molar-refractivity contribution in [1.29, 1.82) is 0 Å². The molecule has 0 spiro atoms. The van der Waals surface area contributed by atoms with Crippen LogP contribution in [0.3, 0.4) is 0 Å². The van der Waals surface area contributed by atoms with Crippen molar-refractivity contribution in [3.05, 3.63) is 54.1 Å². The Morgan fingerprint density at radius 1 is 1.19 bits per heavy atom. The average molecular weight is 395 g/mol. The van der Waals surface area contributed by atoms with E-state index >= 15 is 0 Å². The first-order chi connectivity index (χ1) is 12.8. The van der Waals surface area contributed by atoms with E-state index in [1.165, 1.54) is 35.2 Å². The molecule has 0 radical (unpaired) electrons. The van der Waals surface area contributed by atoms with Crippen LogP contribution in [-0.4, -0.2) is 45.3 Å². The molecule has 1 heterocycles. The normalized spacial score (nSPS) is 14.4. The molecule has 0 unspecified atom stereocenters. The number of hydrogen-bond acceptors (Lipinski definition) is 5. The van der Waals surface area contributed by atoms with Crippen molar-refractivity contribution in [2.75, 3.05) is 18.9 Å². The summed E-state index contributed by atoms with van der Waals surface area (Å²) in [7, 11) is -2.22. The first-order valence-electron chi connectivity index (χ1n) is 7.76. The first-order valence-corrected chi connectivity index (χ1v) is 9.20. The quantitative estimate of drug-likeness (QED) is 0.839. The molecule has 1 amide bonds. The van der Waals surface area contributed by atoms with Crippen molar-refractivity contribution in [3.8, 4) is 5.75 Å². The number of amidine groups is 1. The summed E-state index contributed by atoms with van der Waals surface area (Å²) in [6.45, 7) is -3.08. The number of sulfonamides is 1. The summed E-state index contributed by atoms with van der Waals surface area (Å²) in [4.78, 5) is 13.7. The Balaban J connectivity index is 1.66. The van der Waals surface area contributed by atoms with Crippen molar-refractivity contribution in [1.82, 2.24) is 4.90 Å². The van der Waals surface area contributed by atoms with E-state index in [0.717, 1.165) is 0 Å². The summed E-state index contributed by atoms with van der Waals surface area (Å²) in [5.41, 5.74) is 0.817. The molecule has 1 aliphatic rings. The summed E-state index contributed by atoms with van der Waals surface area (Å²) in [6.07, 6.45) is 0. The molecular weight excluding hydrogens is 380 g/mol. The number of hydrogen-bond donors (Lipinski definition) is 1. The Bertz CT molecular complexity index is 991. The monoisotopic (exact) mass is 395 g/mol. The molecule has 1 N–H and O–H groups in total. The van der Waals surface area contributed by atoms with Gasteiger partial charge < -0.3 is 15.0 Å². The summed E-state index contributed by atoms with van der Waals surface area (Å²) in [5.74, 6) is -0.270. The number of anilines is 1. The van der Waals surface area contributed by atoms with Crippen LogP contribution in [0.1, 0.15) is 5.56 Å². The van der Waals surface area contributed by atoms with Gasteiger partial charge in [-0.2, -0.15) is 17.2 Å². The Morgan fingerprint density at radius 3 is 2.52 bits per heavy atom. The highest BCUT2D eigenvalue weighted by molar-refractivity contribution is 7.90. The molecule has 0 aromatic heterocycles. The van der Waals surface area contributed by atoms with Crippen molar-refractivity contribution >= 4 is 27.5 Å². The fraction of sp³-hybridized carbons (Fsp3) is 0.176. The Labute approximate surface area is 154 Å². The number of carbonyl (C=O) groups is 1. The number of likely N-dealkylation sites (N-methyl/N-ethyl adjacent to an activating group) is 1. The summed E-state index contributed by atoms with van der Waals surface area (Å²) < 4.78 is 56.4. The minimum atomic E-state index is -3.77. The first kappa shape index (κ1) is 18.8. The number of carbonyl (C=O) groups excluding carboxylic acids is 1. The van der Waals surface area contributed by atoms with Crippen LogP contribution in [0.4, 0.5) is 14.5 Å². The zero-order valence-corrected chi connectivity index (χ0v) is 14.9. The van der Waals surface area contributed by atoms with Gasteiger partial charge in [0, 0.05) is 18.3 Å². The van der Waals surface area contributed by atoms with Gasteiger partial charge in [0.05, 0.1) is 6.54 Å². The molecule has 10 heteroatoms. The van der Waals surface area contributed by atoms with Gasteiger partial charge in [0.25, 0.3) is 10.0 Å². The minimum Gasteiger partial charge on any atom is -0.435 e. The lowest BCUT2D eigenvalue weighted by atomic mass is 10.2. The molecule has 0 saturated heterocycles. The number of halogens is 2. The summed E-state index contributed by atoms with van der Waals surface area (Å²) >= 11 is 0. The molecule has 0 bridgehead atoms. The maximum Gasteiger partial charge on any atom is 0.387 e. The van der Waals surface area contributed by atoms with Gasteiger partial charge in [-0.05, 0) is 36.4 Å². The lowest BCUT2D eigenvalue weighted by molar-refractivity contribution is -0.116. The van der Waals surface area contributed by atoms with Gasteiger partial charge in [0.1, 0.15) is 10.6 Å². The second-order valence-electron chi connectivity index (χ2n) is 5.69. The largest absolute Gasteiger partial charge is 0.435 e. The number of nitrogens with zero attached hydrogens (tertiary/aromatic N) is 2. The second kappa shape index (κ2) is 7.31. The fourth-order valence-corrected chi connectivity index (χ4v) is 3.83. The van der Waals surface area contributed by atoms with Gasteiger partial charge >= 0.3 is 6.61 Å². The van der Waals surface area contributed by atoms with Crippen LogP contribution in [0.25, 0.3) is 0 Å². The van der Waals surface area contributed by atoms with Gasteiger partial charge in [-0.1, -0.05) is 12.1 Å². The number of alkyl halides is 2. The zero-order valence-electron chi connectivity index (χ0n) is 14.1. The maximum absolute atomic E-state index is 12.2. The highest BCUT2D eigenvalue weighted by Gasteiger charge is 2.30. The number of nitrogens with one attached hydrogen (secondary N) is 1. The van der Waals surface area contributed by atoms with Gasteiger partial charge in [0.2, 0.25) is 5.91 Å². The Morgan fingerprint density at radius 2 is 1.85 bits per heavy atom. The number of ether oxygens (including phenoxy) is 1. The molecule has 7 nitrogen and oxygen atoms in total. The predicted molar refractivity (Wildman–Crippen MR) is 94.5 cm³/mol. The third-order valence-corrected chi connectivity index (χ3v) is 5.04. The zero-order chi connectivity index (χ0) is 19.6. The number of benzene rings is 2. The van der Waals surface area contributed by atoms with Crippen molar-refractivity contribution in [2.24, 2.45) is 4.40 Å². The molecule has 0 saturated carbocycles. The van der Waals surface area contributed by atoms with Gasteiger partial charge in [0.15, 0.2) is 5.84 Å². The van der Waals surface area contributed by atoms with Crippen LogP contribution >= 0.6 is 0 Å². The van der Waals surface area contributed by atoms with Crippen molar-refractivity contribution in [3.63, 3.8) is 0 Å². The number of fused-ring (bicyclic) bond motifs is 1. The maximum atomic E-state index is 12.2. The van der Waals surface area contributed by atoms with Gasteiger partial charge in [-0.15, -0.1) is 4.40 Å². The second-order valence-corrected chi connectivity index (χ2v) is 7.27. The topological polar surface area (TPSA) is 88.1 Å². The Kier molecular flexibility index (Phi) is 5.08. The molecule has 0 fully saturated rings. The van der Waals surface area contributed by atoms with E-state index in [4.69, 9.17) is 0 Å². The van der Waals surface area contributed by atoms with Crippen LogP contribution in [0.2, 0.25) is 0 Å². The molecule has 2 aromatic carbocycles. The van der Waals surface area contributed by atoms with E-state index in [1.54, 1.807) is 25.2 Å². The molecule has 142 valence electrons. The van der Waals surface area contributed by atoms with Crippen LogP contribution in [0.5, 0.6) is 5.75 Å². The third-order valence-electron chi connectivity index (χ3n) is 3.72. The lowest BCUT2D eigenvalue weighted by Gasteiger charge is -2.18. The molecule has 3 rings (SSSR count). The van der Waals surface area contributed by atoms with Gasteiger partial charge in [-0.3, -0.25) is 4.79 Å². The molecule has 2 aromatic rings. The van der Waals surface area contributed by atoms with Crippen molar-refractivity contribution < 1.29 is 26.7 Å². The Hall–Kier alpha value is -3.01. The predicted octanol–water partition coefficient (Wildman–Crippen LogP) is 2.31. The van der Waals surface area contributed by atoms with E-state index in [0.29, 0.717) is 11.3 Å². The highest BCUT2D eigenvalue weighted by Crippen LogP contribution is 2.27. The number of amides is 1. The van der Waals surface area contributed by atoms with E-state index in [2.05, 4.69) is 14.5 Å². The molecule has 1 aliphatic heterocycles. The van der Waals surface area contributed by atoms with E-state index < -0.39 is 22.5 Å². The lowest BCUT2D eigenvalue weighted by Crippen LogP contribution is -2.34. The standard InChI is InChI=1S/C17H15F2N3O4S/c1-22(16-13-4-2-3-5-14(13)27(24,25)21-16)10-15(23)20-11-6-8-12(9-7-11)26-17(18)19/h2-9,17H,10H2,1H3,(H,20,23). The van der Waals surface area contributed by atoms with Crippen LogP contribution in [0.15, 0.2) is 57.8 Å². The average Bonchev–Trinajstić information content (AvgIpc) is 2.88. The van der Waals surface area contributed by atoms with E-state index in [1.807, 2.05) is 0 Å². The molecule has 0 atom stereocenters. The third kappa shape index (κ3) is 4.22. The van der Waals surface area contributed by atoms with Gasteiger partial charge in [-0.25, -0.2) is 0 Å². The summed E-state index contributed by atoms with van der Waals surface area (Å²) in [6, 6.07) is 11.8. The smallest absolute Gasteiger partial charge is 0.387 e. The number of rotatable bonds is 5. The van der Waals surface area contributed by atoms with Crippen molar-refractivity contribution in [2.45, 2.75) is 11.5 Å². The molecule has 0 aliphatic carbocycles. The van der Waals surface area contributed by atoms with E-state index in [9.17, 15) is 22.0 Å². The summed E-state index contributed by atoms with van der Waals surface area (Å²) in [5, 5.41) is 2.59. The minimum absolute atomic E-state index is 0.0257. The van der Waals surface area contributed by atoms with Crippen LogP contribution in [-0.2, 0) is 14.8 Å². The fourth-order valence-electron chi connectivity index (χ4n) is 2.57. The van der Waals surface area contributed by atoms with Crippen LogP contribution < -0.4 is 10.1 Å². The molecular formula is C17H15F2N3O4S. The molecule has 27 heavy (non-hydrogen) atoms. The SMILES string of the molecule is CN(CC(=O)Nc1ccc(OC(F)F)cc1)C1=NS(=O)(=O)c2ccccc21.